The first-order chi connectivity index (χ1) is 6.49. The van der Waals surface area contributed by atoms with E-state index in [0.717, 1.165) is 24.0 Å². The Kier molecular flexibility index (Phi) is 6.90. The molecule has 0 aliphatic rings. The Morgan fingerprint density at radius 2 is 1.86 bits per heavy atom. The summed E-state index contributed by atoms with van der Waals surface area (Å²) >= 11 is 0. The zero-order valence-electron chi connectivity index (χ0n) is 10.5. The minimum Gasteiger partial charge on any atom is -0.374 e. The topological polar surface area (TPSA) is 9.23 Å². The van der Waals surface area contributed by atoms with Crippen molar-refractivity contribution in [2.75, 3.05) is 6.61 Å². The standard InChI is InChI=1S/C13H26O/c1-7-13(11(4)5)8-9-14-12(6)10(2)3/h11-13H,2,7-9H2,1,3-6H3. The van der Waals surface area contributed by atoms with Gasteiger partial charge in [-0.1, -0.05) is 39.3 Å². The van der Waals surface area contributed by atoms with E-state index in [1.165, 1.54) is 12.8 Å². The average molecular weight is 198 g/mol. The molecule has 0 spiro atoms. The van der Waals surface area contributed by atoms with Gasteiger partial charge in [0.25, 0.3) is 0 Å². The van der Waals surface area contributed by atoms with Crippen LogP contribution in [-0.2, 0) is 4.74 Å². The van der Waals surface area contributed by atoms with Crippen LogP contribution in [0.25, 0.3) is 0 Å². The van der Waals surface area contributed by atoms with Crippen LogP contribution < -0.4 is 0 Å². The molecule has 0 radical (unpaired) electrons. The van der Waals surface area contributed by atoms with Gasteiger partial charge in [-0.3, -0.25) is 0 Å². The summed E-state index contributed by atoms with van der Waals surface area (Å²) in [6.07, 6.45) is 2.63. The van der Waals surface area contributed by atoms with Crippen molar-refractivity contribution in [1.82, 2.24) is 0 Å². The Bertz CT molecular complexity index is 161. The summed E-state index contributed by atoms with van der Waals surface area (Å²) in [5.41, 5.74) is 1.11. The van der Waals surface area contributed by atoms with Gasteiger partial charge >= 0.3 is 0 Å². The molecule has 1 heteroatoms. The SMILES string of the molecule is C=C(C)C(C)OCCC(CC)C(C)C. The summed E-state index contributed by atoms with van der Waals surface area (Å²) in [5, 5.41) is 0. The van der Waals surface area contributed by atoms with E-state index in [4.69, 9.17) is 4.74 Å². The maximum absolute atomic E-state index is 5.69. The second-order valence-corrected chi connectivity index (χ2v) is 4.56. The highest BCUT2D eigenvalue weighted by Crippen LogP contribution is 2.19. The molecule has 0 saturated carbocycles. The smallest absolute Gasteiger partial charge is 0.0751 e. The molecular weight excluding hydrogens is 172 g/mol. The van der Waals surface area contributed by atoms with Crippen molar-refractivity contribution < 1.29 is 4.74 Å². The van der Waals surface area contributed by atoms with Crippen molar-refractivity contribution in [3.63, 3.8) is 0 Å². The summed E-state index contributed by atoms with van der Waals surface area (Å²) in [6, 6.07) is 0. The summed E-state index contributed by atoms with van der Waals surface area (Å²) in [5.74, 6) is 1.57. The lowest BCUT2D eigenvalue weighted by Gasteiger charge is -2.20. The molecule has 0 saturated heterocycles. The van der Waals surface area contributed by atoms with E-state index >= 15 is 0 Å². The molecule has 0 aromatic rings. The van der Waals surface area contributed by atoms with E-state index in [9.17, 15) is 0 Å². The number of hydrogen-bond donors (Lipinski definition) is 0. The van der Waals surface area contributed by atoms with Crippen molar-refractivity contribution in [3.05, 3.63) is 12.2 Å². The van der Waals surface area contributed by atoms with Crippen molar-refractivity contribution in [1.29, 1.82) is 0 Å². The van der Waals surface area contributed by atoms with Crippen LogP contribution in [0.5, 0.6) is 0 Å². The maximum atomic E-state index is 5.69. The predicted molar refractivity (Wildman–Crippen MR) is 63.5 cm³/mol. The van der Waals surface area contributed by atoms with Crippen LogP contribution in [0.2, 0.25) is 0 Å². The van der Waals surface area contributed by atoms with Crippen molar-refractivity contribution in [2.24, 2.45) is 11.8 Å². The maximum Gasteiger partial charge on any atom is 0.0751 e. The van der Waals surface area contributed by atoms with Crippen LogP contribution in [0.15, 0.2) is 12.2 Å². The molecule has 0 aliphatic heterocycles. The minimum atomic E-state index is 0.208. The lowest BCUT2D eigenvalue weighted by atomic mass is 9.90. The van der Waals surface area contributed by atoms with Crippen molar-refractivity contribution >= 4 is 0 Å². The molecule has 1 nitrogen and oxygen atoms in total. The highest BCUT2D eigenvalue weighted by atomic mass is 16.5. The first-order valence-corrected chi connectivity index (χ1v) is 5.76. The van der Waals surface area contributed by atoms with Crippen molar-refractivity contribution in [2.45, 2.75) is 53.6 Å². The largest absolute Gasteiger partial charge is 0.374 e. The first-order valence-electron chi connectivity index (χ1n) is 5.76. The molecule has 84 valence electrons. The van der Waals surface area contributed by atoms with Crippen LogP contribution in [-0.4, -0.2) is 12.7 Å². The number of rotatable bonds is 7. The van der Waals surface area contributed by atoms with Gasteiger partial charge in [0, 0.05) is 6.61 Å². The molecule has 0 amide bonds. The van der Waals surface area contributed by atoms with Crippen LogP contribution in [0.3, 0.4) is 0 Å². The van der Waals surface area contributed by atoms with E-state index in [2.05, 4.69) is 34.3 Å². The molecule has 14 heavy (non-hydrogen) atoms. The monoisotopic (exact) mass is 198 g/mol. The third-order valence-corrected chi connectivity index (χ3v) is 3.02. The fourth-order valence-corrected chi connectivity index (χ4v) is 1.55. The van der Waals surface area contributed by atoms with Crippen LogP contribution in [0.1, 0.15) is 47.5 Å². The van der Waals surface area contributed by atoms with Gasteiger partial charge in [0.15, 0.2) is 0 Å². The lowest BCUT2D eigenvalue weighted by molar-refractivity contribution is 0.0736. The van der Waals surface area contributed by atoms with Gasteiger partial charge in [-0.15, -0.1) is 0 Å². The summed E-state index contributed by atoms with van der Waals surface area (Å²) < 4.78 is 5.69. The number of ether oxygens (including phenoxy) is 1. The predicted octanol–water partition coefficient (Wildman–Crippen LogP) is 4.04. The number of hydrogen-bond acceptors (Lipinski definition) is 1. The Morgan fingerprint density at radius 1 is 1.29 bits per heavy atom. The lowest BCUT2D eigenvalue weighted by Crippen LogP contribution is -2.15. The molecule has 0 aromatic heterocycles. The van der Waals surface area contributed by atoms with Gasteiger partial charge in [-0.25, -0.2) is 0 Å². The van der Waals surface area contributed by atoms with Gasteiger partial charge < -0.3 is 4.74 Å². The Morgan fingerprint density at radius 3 is 2.21 bits per heavy atom. The van der Waals surface area contributed by atoms with E-state index < -0.39 is 0 Å². The van der Waals surface area contributed by atoms with E-state index in [1.807, 2.05) is 6.92 Å². The fourth-order valence-electron chi connectivity index (χ4n) is 1.55. The van der Waals surface area contributed by atoms with Gasteiger partial charge in [-0.05, 0) is 32.1 Å². The van der Waals surface area contributed by atoms with Gasteiger partial charge in [0.2, 0.25) is 0 Å². The van der Waals surface area contributed by atoms with Gasteiger partial charge in [0.1, 0.15) is 0 Å². The quantitative estimate of drug-likeness (QED) is 0.561. The average Bonchev–Trinajstić information content (AvgIpc) is 2.11. The second kappa shape index (κ2) is 7.05. The molecule has 0 heterocycles. The Balaban J connectivity index is 3.66. The summed E-state index contributed by atoms with van der Waals surface area (Å²) in [4.78, 5) is 0. The molecular formula is C13H26O. The molecule has 2 atom stereocenters. The zero-order chi connectivity index (χ0) is 11.1. The third kappa shape index (κ3) is 5.43. The zero-order valence-corrected chi connectivity index (χ0v) is 10.5. The van der Waals surface area contributed by atoms with E-state index in [0.29, 0.717) is 0 Å². The highest BCUT2D eigenvalue weighted by Gasteiger charge is 2.11. The minimum absolute atomic E-state index is 0.208. The van der Waals surface area contributed by atoms with Crippen molar-refractivity contribution in [3.8, 4) is 0 Å². The molecule has 0 bridgehead atoms. The Hall–Kier alpha value is -0.300. The Labute approximate surface area is 89.5 Å². The molecule has 0 aromatic carbocycles. The summed E-state index contributed by atoms with van der Waals surface area (Å²) in [7, 11) is 0. The highest BCUT2D eigenvalue weighted by molar-refractivity contribution is 4.95. The molecule has 0 N–H and O–H groups in total. The van der Waals surface area contributed by atoms with E-state index in [1.54, 1.807) is 0 Å². The fraction of sp³-hybridized carbons (Fsp3) is 0.846. The molecule has 2 unspecified atom stereocenters. The second-order valence-electron chi connectivity index (χ2n) is 4.56. The third-order valence-electron chi connectivity index (χ3n) is 3.02. The van der Waals surface area contributed by atoms with Gasteiger partial charge in [0.05, 0.1) is 6.10 Å². The van der Waals surface area contributed by atoms with Crippen LogP contribution >= 0.6 is 0 Å². The molecule has 0 fully saturated rings. The summed E-state index contributed by atoms with van der Waals surface area (Å²) in [6.45, 7) is 15.7. The normalized spacial score (nSPS) is 15.6. The molecule has 0 rings (SSSR count). The van der Waals surface area contributed by atoms with Gasteiger partial charge in [-0.2, -0.15) is 0 Å². The van der Waals surface area contributed by atoms with E-state index in [-0.39, 0.29) is 6.10 Å². The molecule has 0 aliphatic carbocycles. The first kappa shape index (κ1) is 13.7. The van der Waals surface area contributed by atoms with Crippen LogP contribution in [0.4, 0.5) is 0 Å². The van der Waals surface area contributed by atoms with Crippen LogP contribution in [0, 0.1) is 11.8 Å².